The summed E-state index contributed by atoms with van der Waals surface area (Å²) in [5.74, 6) is -0.112. The fraction of sp³-hybridized carbons (Fsp3) is 0.238. The molecule has 3 aromatic rings. The van der Waals surface area contributed by atoms with Gasteiger partial charge in [0.2, 0.25) is 15.9 Å². The van der Waals surface area contributed by atoms with Gasteiger partial charge in [-0.2, -0.15) is 0 Å². The highest BCUT2D eigenvalue weighted by molar-refractivity contribution is 7.92. The van der Waals surface area contributed by atoms with Crippen molar-refractivity contribution in [3.63, 3.8) is 0 Å². The molecule has 29 heavy (non-hydrogen) atoms. The van der Waals surface area contributed by atoms with Crippen molar-refractivity contribution >= 4 is 38.6 Å². The van der Waals surface area contributed by atoms with Gasteiger partial charge in [-0.15, -0.1) is 11.3 Å². The van der Waals surface area contributed by atoms with E-state index in [9.17, 15) is 13.2 Å². The van der Waals surface area contributed by atoms with Crippen LogP contribution in [-0.2, 0) is 21.2 Å². The summed E-state index contributed by atoms with van der Waals surface area (Å²) in [6, 6.07) is 14.9. The van der Waals surface area contributed by atoms with Crippen molar-refractivity contribution < 1.29 is 13.2 Å². The Labute approximate surface area is 175 Å². The van der Waals surface area contributed by atoms with E-state index in [0.29, 0.717) is 12.2 Å². The van der Waals surface area contributed by atoms with Gasteiger partial charge < -0.3 is 5.32 Å². The van der Waals surface area contributed by atoms with Crippen molar-refractivity contribution in [3.05, 3.63) is 64.5 Å². The average Bonchev–Trinajstić information content (AvgIpc) is 3.10. The van der Waals surface area contributed by atoms with Gasteiger partial charge in [0.1, 0.15) is 5.01 Å². The Morgan fingerprint density at radius 2 is 1.90 bits per heavy atom. The molecule has 0 fully saturated rings. The van der Waals surface area contributed by atoms with E-state index in [2.05, 4.69) is 10.3 Å². The zero-order valence-electron chi connectivity index (χ0n) is 16.5. The molecule has 0 aliphatic rings. The smallest absolute Gasteiger partial charge is 0.232 e. The number of rotatable bonds is 7. The maximum absolute atomic E-state index is 12.3. The number of thiazole rings is 1. The molecular formula is C21H23N3O3S2. The molecule has 0 aliphatic carbocycles. The Kier molecular flexibility index (Phi) is 6.34. The highest BCUT2D eigenvalue weighted by Gasteiger charge is 2.15. The number of carbonyl (C=O) groups excluding carboxylic acids is 1. The molecule has 0 radical (unpaired) electrons. The van der Waals surface area contributed by atoms with Crippen LogP contribution in [0.5, 0.6) is 0 Å². The van der Waals surface area contributed by atoms with E-state index in [1.165, 1.54) is 21.9 Å². The molecular weight excluding hydrogens is 406 g/mol. The molecule has 6 nitrogen and oxygen atoms in total. The Balaban J connectivity index is 1.69. The molecule has 1 N–H and O–H groups in total. The number of sulfonamides is 1. The van der Waals surface area contributed by atoms with E-state index >= 15 is 0 Å². The fourth-order valence-electron chi connectivity index (χ4n) is 3.00. The molecule has 0 saturated carbocycles. The second kappa shape index (κ2) is 8.75. The minimum absolute atomic E-state index is 0.112. The third-order valence-electron chi connectivity index (χ3n) is 4.30. The van der Waals surface area contributed by atoms with Gasteiger partial charge in [-0.25, -0.2) is 13.4 Å². The summed E-state index contributed by atoms with van der Waals surface area (Å²) in [7, 11) is -3.31. The first-order valence-corrected chi connectivity index (χ1v) is 11.9. The van der Waals surface area contributed by atoms with Crippen LogP contribution in [0.25, 0.3) is 11.3 Å². The fourth-order valence-corrected chi connectivity index (χ4v) is 4.77. The average molecular weight is 430 g/mol. The molecule has 1 aromatic heterocycles. The lowest BCUT2D eigenvalue weighted by atomic mass is 10.1. The molecule has 0 bridgehead atoms. The van der Waals surface area contributed by atoms with Crippen LogP contribution in [-0.4, -0.2) is 32.1 Å². The first-order valence-electron chi connectivity index (χ1n) is 9.15. The van der Waals surface area contributed by atoms with Gasteiger partial charge in [0.25, 0.3) is 0 Å². The van der Waals surface area contributed by atoms with Gasteiger partial charge in [0, 0.05) is 23.2 Å². The first kappa shape index (κ1) is 21.0. The lowest BCUT2D eigenvalue weighted by Gasteiger charge is -2.20. The minimum atomic E-state index is -3.31. The predicted molar refractivity (Wildman–Crippen MR) is 119 cm³/mol. The highest BCUT2D eigenvalue weighted by Crippen LogP contribution is 2.26. The van der Waals surface area contributed by atoms with Gasteiger partial charge in [-0.3, -0.25) is 9.10 Å². The quantitative estimate of drug-likeness (QED) is 0.614. The highest BCUT2D eigenvalue weighted by atomic mass is 32.2. The van der Waals surface area contributed by atoms with Crippen LogP contribution in [0.4, 0.5) is 11.4 Å². The molecule has 3 rings (SSSR count). The van der Waals surface area contributed by atoms with Crippen LogP contribution < -0.4 is 9.62 Å². The lowest BCUT2D eigenvalue weighted by Crippen LogP contribution is -2.29. The summed E-state index contributed by atoms with van der Waals surface area (Å²) in [6.07, 6.45) is 1.40. The number of hydrogen-bond acceptors (Lipinski definition) is 5. The second-order valence-corrected chi connectivity index (χ2v) is 9.55. The molecule has 0 saturated heterocycles. The van der Waals surface area contributed by atoms with Crippen LogP contribution in [0, 0.1) is 6.92 Å². The summed E-state index contributed by atoms with van der Waals surface area (Å²) in [6.45, 7) is 4.14. The van der Waals surface area contributed by atoms with E-state index in [1.807, 2.05) is 48.7 Å². The molecule has 0 atom stereocenters. The summed E-state index contributed by atoms with van der Waals surface area (Å²) in [5, 5.41) is 5.51. The molecule has 1 amide bonds. The van der Waals surface area contributed by atoms with E-state index in [0.717, 1.165) is 27.5 Å². The zero-order valence-corrected chi connectivity index (χ0v) is 18.2. The van der Waals surface area contributed by atoms with Crippen LogP contribution >= 0.6 is 11.3 Å². The number of benzene rings is 2. The summed E-state index contributed by atoms with van der Waals surface area (Å²) >= 11 is 1.43. The third kappa shape index (κ3) is 5.42. The van der Waals surface area contributed by atoms with Gasteiger partial charge in [-0.05, 0) is 43.7 Å². The summed E-state index contributed by atoms with van der Waals surface area (Å²) in [4.78, 5) is 16.8. The number of hydrogen-bond donors (Lipinski definition) is 1. The van der Waals surface area contributed by atoms with Gasteiger partial charge in [0.15, 0.2) is 0 Å². The molecule has 2 aromatic carbocycles. The van der Waals surface area contributed by atoms with Gasteiger partial charge in [-0.1, -0.05) is 24.3 Å². The first-order chi connectivity index (χ1) is 13.8. The third-order valence-corrected chi connectivity index (χ3v) is 6.42. The lowest BCUT2D eigenvalue weighted by molar-refractivity contribution is -0.115. The number of carbonyl (C=O) groups is 1. The Bertz CT molecular complexity index is 1110. The molecule has 0 unspecified atom stereocenters. The van der Waals surface area contributed by atoms with Crippen LogP contribution in [0.2, 0.25) is 0 Å². The molecule has 1 heterocycles. The molecule has 0 spiro atoms. The SMILES string of the molecule is CCN(c1ccc(-c2csc(CC(=O)Nc3cccc(C)c3)n2)cc1)S(C)(=O)=O. The topological polar surface area (TPSA) is 79.4 Å². The van der Waals surface area contributed by atoms with Crippen LogP contribution in [0.3, 0.4) is 0 Å². The zero-order chi connectivity index (χ0) is 21.0. The normalized spacial score (nSPS) is 11.3. The predicted octanol–water partition coefficient (Wildman–Crippen LogP) is 4.09. The second-order valence-electron chi connectivity index (χ2n) is 6.70. The standard InChI is InChI=1S/C21H23N3O3S2/c1-4-24(29(3,26)27)18-10-8-16(9-11-18)19-14-28-21(23-19)13-20(25)22-17-7-5-6-15(2)12-17/h5-12,14H,4,13H2,1-3H3,(H,22,25). The van der Waals surface area contributed by atoms with Gasteiger partial charge in [0.05, 0.1) is 24.1 Å². The molecule has 8 heteroatoms. The van der Waals surface area contributed by atoms with Crippen LogP contribution in [0.15, 0.2) is 53.9 Å². The van der Waals surface area contributed by atoms with Crippen molar-refractivity contribution in [2.75, 3.05) is 22.4 Å². The Morgan fingerprint density at radius 3 is 2.52 bits per heavy atom. The van der Waals surface area contributed by atoms with E-state index in [4.69, 9.17) is 0 Å². The number of anilines is 2. The van der Waals surface area contributed by atoms with E-state index in [1.54, 1.807) is 19.1 Å². The minimum Gasteiger partial charge on any atom is -0.326 e. The largest absolute Gasteiger partial charge is 0.326 e. The summed E-state index contributed by atoms with van der Waals surface area (Å²) in [5.41, 5.74) is 4.11. The number of nitrogens with zero attached hydrogens (tertiary/aromatic N) is 2. The van der Waals surface area contributed by atoms with Crippen molar-refractivity contribution in [1.29, 1.82) is 0 Å². The van der Waals surface area contributed by atoms with Gasteiger partial charge >= 0.3 is 0 Å². The number of aromatic nitrogens is 1. The maximum atomic E-state index is 12.3. The van der Waals surface area contributed by atoms with Crippen molar-refractivity contribution in [3.8, 4) is 11.3 Å². The Morgan fingerprint density at radius 1 is 1.17 bits per heavy atom. The number of nitrogens with one attached hydrogen (secondary N) is 1. The maximum Gasteiger partial charge on any atom is 0.232 e. The van der Waals surface area contributed by atoms with Crippen molar-refractivity contribution in [2.45, 2.75) is 20.3 Å². The van der Waals surface area contributed by atoms with Crippen LogP contribution in [0.1, 0.15) is 17.5 Å². The monoisotopic (exact) mass is 429 g/mol. The molecule has 0 aliphatic heterocycles. The number of aryl methyl sites for hydroxylation is 1. The van der Waals surface area contributed by atoms with Crippen molar-refractivity contribution in [1.82, 2.24) is 4.98 Å². The number of amides is 1. The Hall–Kier alpha value is -2.71. The summed E-state index contributed by atoms with van der Waals surface area (Å²) < 4.78 is 25.0. The van der Waals surface area contributed by atoms with E-state index < -0.39 is 10.0 Å². The molecule has 152 valence electrons. The van der Waals surface area contributed by atoms with E-state index in [-0.39, 0.29) is 12.3 Å². The van der Waals surface area contributed by atoms with Crippen molar-refractivity contribution in [2.24, 2.45) is 0 Å².